The quantitative estimate of drug-likeness (QED) is 0.393. The van der Waals surface area contributed by atoms with E-state index in [1.54, 1.807) is 12.1 Å². The second-order valence-electron chi connectivity index (χ2n) is 4.92. The Bertz CT molecular complexity index is 846. The molecule has 1 aromatic carbocycles. The zero-order valence-corrected chi connectivity index (χ0v) is 13.6. The lowest BCUT2D eigenvalue weighted by atomic mass is 10.2. The Kier molecular flexibility index (Phi) is 4.85. The van der Waals surface area contributed by atoms with Crippen LogP contribution >= 0.6 is 11.8 Å². The van der Waals surface area contributed by atoms with Crippen molar-refractivity contribution >= 4 is 17.4 Å². The molecule has 24 heavy (non-hydrogen) atoms. The molecule has 2 heterocycles. The van der Waals surface area contributed by atoms with Crippen molar-refractivity contribution in [2.45, 2.75) is 30.7 Å². The first-order valence-electron chi connectivity index (χ1n) is 7.27. The molecule has 10 heteroatoms. The zero-order valence-electron chi connectivity index (χ0n) is 12.8. The van der Waals surface area contributed by atoms with E-state index in [1.165, 1.54) is 23.9 Å². The van der Waals surface area contributed by atoms with Crippen LogP contribution in [0.15, 0.2) is 33.9 Å². The van der Waals surface area contributed by atoms with Crippen molar-refractivity contribution < 1.29 is 9.45 Å². The molecular weight excluding hydrogens is 332 g/mol. The maximum atomic E-state index is 10.8. The Hall–Kier alpha value is -2.75. The van der Waals surface area contributed by atoms with E-state index >= 15 is 0 Å². The van der Waals surface area contributed by atoms with Gasteiger partial charge in [-0.2, -0.15) is 4.98 Å². The van der Waals surface area contributed by atoms with Crippen molar-refractivity contribution in [2.75, 3.05) is 0 Å². The normalized spacial score (nSPS) is 10.9. The SMILES string of the molecule is CCCc1nc(SCc2nc(-c3cccc([N+](=O)[O-])c3)no2)n[nH]1. The Morgan fingerprint density at radius 2 is 2.25 bits per heavy atom. The average Bonchev–Trinajstić information content (AvgIpc) is 3.23. The van der Waals surface area contributed by atoms with Gasteiger partial charge in [-0.15, -0.1) is 5.10 Å². The number of nitrogens with one attached hydrogen (secondary N) is 1. The fourth-order valence-corrected chi connectivity index (χ4v) is 2.66. The number of rotatable bonds is 7. The van der Waals surface area contributed by atoms with E-state index in [9.17, 15) is 10.1 Å². The summed E-state index contributed by atoms with van der Waals surface area (Å²) >= 11 is 1.38. The van der Waals surface area contributed by atoms with Crippen molar-refractivity contribution in [3.8, 4) is 11.4 Å². The molecule has 0 spiro atoms. The summed E-state index contributed by atoms with van der Waals surface area (Å²) in [5.74, 6) is 1.99. The number of aryl methyl sites for hydroxylation is 1. The molecule has 0 radical (unpaired) electrons. The minimum Gasteiger partial charge on any atom is -0.338 e. The first-order valence-corrected chi connectivity index (χ1v) is 8.25. The third-order valence-corrected chi connectivity index (χ3v) is 3.94. The van der Waals surface area contributed by atoms with Crippen LogP contribution in [0, 0.1) is 10.1 Å². The molecule has 0 atom stereocenters. The highest BCUT2D eigenvalue weighted by Crippen LogP contribution is 2.23. The Balaban J connectivity index is 1.67. The Labute approximate surface area is 141 Å². The van der Waals surface area contributed by atoms with Crippen LogP contribution in [0.5, 0.6) is 0 Å². The van der Waals surface area contributed by atoms with Crippen LogP contribution in [0.25, 0.3) is 11.4 Å². The van der Waals surface area contributed by atoms with Gasteiger partial charge in [-0.05, 0) is 6.42 Å². The van der Waals surface area contributed by atoms with E-state index in [-0.39, 0.29) is 5.69 Å². The monoisotopic (exact) mass is 346 g/mol. The maximum absolute atomic E-state index is 10.8. The average molecular weight is 346 g/mol. The van der Waals surface area contributed by atoms with Crippen molar-refractivity contribution in [2.24, 2.45) is 0 Å². The molecule has 0 bridgehead atoms. The van der Waals surface area contributed by atoms with Crippen LogP contribution in [-0.4, -0.2) is 30.2 Å². The molecule has 1 N–H and O–H groups in total. The van der Waals surface area contributed by atoms with Crippen molar-refractivity contribution in [1.82, 2.24) is 25.3 Å². The highest BCUT2D eigenvalue weighted by atomic mass is 32.2. The molecule has 3 aromatic rings. The largest absolute Gasteiger partial charge is 0.338 e. The molecule has 124 valence electrons. The second kappa shape index (κ2) is 7.21. The van der Waals surface area contributed by atoms with Crippen LogP contribution in [-0.2, 0) is 12.2 Å². The molecule has 0 saturated carbocycles. The summed E-state index contributed by atoms with van der Waals surface area (Å²) in [4.78, 5) is 19.0. The smallest absolute Gasteiger partial charge is 0.270 e. The molecule has 0 saturated heterocycles. The molecular formula is C14H14N6O3S. The minimum atomic E-state index is -0.461. The lowest BCUT2D eigenvalue weighted by Gasteiger charge is -1.94. The van der Waals surface area contributed by atoms with Crippen LogP contribution in [0.4, 0.5) is 5.69 Å². The second-order valence-corrected chi connectivity index (χ2v) is 5.87. The van der Waals surface area contributed by atoms with Gasteiger partial charge in [-0.1, -0.05) is 36.0 Å². The molecule has 0 unspecified atom stereocenters. The molecule has 0 fully saturated rings. The number of non-ortho nitro benzene ring substituents is 1. The summed E-state index contributed by atoms with van der Waals surface area (Å²) in [6.07, 6.45) is 1.85. The predicted octanol–water partition coefficient (Wildman–Crippen LogP) is 3.01. The molecule has 0 amide bonds. The molecule has 0 aliphatic carbocycles. The molecule has 0 aliphatic heterocycles. The van der Waals surface area contributed by atoms with Gasteiger partial charge in [-0.3, -0.25) is 15.2 Å². The summed E-state index contributed by atoms with van der Waals surface area (Å²) < 4.78 is 5.18. The lowest BCUT2D eigenvalue weighted by molar-refractivity contribution is -0.384. The topological polar surface area (TPSA) is 124 Å². The van der Waals surface area contributed by atoms with E-state index < -0.39 is 4.92 Å². The van der Waals surface area contributed by atoms with E-state index in [0.29, 0.717) is 28.2 Å². The third kappa shape index (κ3) is 3.77. The van der Waals surface area contributed by atoms with Gasteiger partial charge in [0.25, 0.3) is 5.69 Å². The summed E-state index contributed by atoms with van der Waals surface area (Å²) in [5.41, 5.74) is 0.518. The fourth-order valence-electron chi connectivity index (χ4n) is 2.01. The van der Waals surface area contributed by atoms with Gasteiger partial charge in [0.2, 0.25) is 16.9 Å². The zero-order chi connectivity index (χ0) is 16.9. The van der Waals surface area contributed by atoms with E-state index in [1.807, 2.05) is 0 Å². The van der Waals surface area contributed by atoms with E-state index in [0.717, 1.165) is 18.7 Å². The number of hydrogen-bond donors (Lipinski definition) is 1. The number of aromatic nitrogens is 5. The van der Waals surface area contributed by atoms with E-state index in [2.05, 4.69) is 32.2 Å². The lowest BCUT2D eigenvalue weighted by Crippen LogP contribution is -1.89. The van der Waals surface area contributed by atoms with Gasteiger partial charge in [0.15, 0.2) is 0 Å². The van der Waals surface area contributed by atoms with Crippen molar-refractivity contribution in [3.05, 3.63) is 46.1 Å². The number of nitro benzene ring substituents is 1. The summed E-state index contributed by atoms with van der Waals surface area (Å²) in [5, 5.41) is 22.3. The standard InChI is InChI=1S/C14H14N6O3S/c1-2-4-11-15-14(18-17-11)24-8-12-16-13(19-23-12)9-5-3-6-10(7-9)20(21)22/h3,5-7H,2,4,8H2,1H3,(H,15,17,18). The Morgan fingerprint density at radius 1 is 1.38 bits per heavy atom. The number of nitro groups is 1. The van der Waals surface area contributed by atoms with Crippen LogP contribution in [0.3, 0.4) is 0 Å². The van der Waals surface area contributed by atoms with Gasteiger partial charge in [0.05, 0.1) is 10.7 Å². The van der Waals surface area contributed by atoms with Gasteiger partial charge in [-0.25, -0.2) is 4.98 Å². The number of H-pyrrole nitrogens is 1. The summed E-state index contributed by atoms with van der Waals surface area (Å²) in [7, 11) is 0. The third-order valence-electron chi connectivity index (χ3n) is 3.11. The fraction of sp³-hybridized carbons (Fsp3) is 0.286. The predicted molar refractivity (Wildman–Crippen MR) is 86.3 cm³/mol. The first-order chi connectivity index (χ1) is 11.7. The molecule has 9 nitrogen and oxygen atoms in total. The van der Waals surface area contributed by atoms with Crippen LogP contribution < -0.4 is 0 Å². The van der Waals surface area contributed by atoms with Gasteiger partial charge < -0.3 is 4.52 Å². The number of hydrogen-bond acceptors (Lipinski definition) is 8. The number of benzene rings is 1. The first kappa shape index (κ1) is 16.1. The van der Waals surface area contributed by atoms with Gasteiger partial charge in [0, 0.05) is 24.1 Å². The number of thioether (sulfide) groups is 1. The number of nitrogens with zero attached hydrogens (tertiary/aromatic N) is 5. The van der Waals surface area contributed by atoms with Gasteiger partial charge >= 0.3 is 0 Å². The van der Waals surface area contributed by atoms with Crippen LogP contribution in [0.1, 0.15) is 25.1 Å². The summed E-state index contributed by atoms with van der Waals surface area (Å²) in [6, 6.07) is 6.10. The minimum absolute atomic E-state index is 0.0163. The maximum Gasteiger partial charge on any atom is 0.270 e. The van der Waals surface area contributed by atoms with E-state index in [4.69, 9.17) is 4.52 Å². The van der Waals surface area contributed by atoms with Crippen molar-refractivity contribution in [3.63, 3.8) is 0 Å². The molecule has 0 aliphatic rings. The molecule has 2 aromatic heterocycles. The van der Waals surface area contributed by atoms with Crippen LogP contribution in [0.2, 0.25) is 0 Å². The van der Waals surface area contributed by atoms with Gasteiger partial charge in [0.1, 0.15) is 5.82 Å². The van der Waals surface area contributed by atoms with Crippen molar-refractivity contribution in [1.29, 1.82) is 0 Å². The highest BCUT2D eigenvalue weighted by molar-refractivity contribution is 7.98. The number of aromatic amines is 1. The molecule has 3 rings (SSSR count). The summed E-state index contributed by atoms with van der Waals surface area (Å²) in [6.45, 7) is 2.07. The Morgan fingerprint density at radius 3 is 3.04 bits per heavy atom. The highest BCUT2D eigenvalue weighted by Gasteiger charge is 2.13.